The number of anilines is 1. The van der Waals surface area contributed by atoms with E-state index in [9.17, 15) is 4.79 Å². The Morgan fingerprint density at radius 2 is 2.55 bits per heavy atom. The maximum Gasteiger partial charge on any atom is 0.291 e. The minimum Gasteiger partial charge on any atom is -0.481 e. The summed E-state index contributed by atoms with van der Waals surface area (Å²) in [4.78, 5) is 11.0. The zero-order valence-corrected chi connectivity index (χ0v) is 5.63. The van der Waals surface area contributed by atoms with Crippen molar-refractivity contribution in [3.8, 4) is 5.75 Å². The highest BCUT2D eigenvalue weighted by Crippen LogP contribution is 2.21. The average molecular weight is 152 g/mol. The summed E-state index contributed by atoms with van der Waals surface area (Å²) >= 11 is 0. The summed E-state index contributed by atoms with van der Waals surface area (Å²) in [6.07, 6.45) is 1.46. The summed E-state index contributed by atoms with van der Waals surface area (Å²) in [5.41, 5.74) is 0.193. The van der Waals surface area contributed by atoms with Crippen molar-refractivity contribution in [1.82, 2.24) is 10.2 Å². The van der Waals surface area contributed by atoms with Crippen molar-refractivity contribution in [2.45, 2.75) is 0 Å². The van der Waals surface area contributed by atoms with Crippen LogP contribution < -0.4 is 15.6 Å². The number of hydrogen-bond donors (Lipinski definition) is 2. The Bertz CT molecular complexity index is 320. The molecule has 0 spiro atoms. The van der Waals surface area contributed by atoms with Gasteiger partial charge in [-0.1, -0.05) is 0 Å². The second-order valence-corrected chi connectivity index (χ2v) is 2.10. The first-order chi connectivity index (χ1) is 5.38. The highest BCUT2D eigenvalue weighted by Gasteiger charge is 2.12. The van der Waals surface area contributed by atoms with Crippen LogP contribution in [0.15, 0.2) is 11.0 Å². The van der Waals surface area contributed by atoms with Crippen LogP contribution in [0.1, 0.15) is 0 Å². The molecule has 1 radical (unpaired) electrons. The van der Waals surface area contributed by atoms with Crippen LogP contribution in [0.4, 0.5) is 5.69 Å². The lowest BCUT2D eigenvalue weighted by Crippen LogP contribution is -2.22. The third-order valence-electron chi connectivity index (χ3n) is 1.39. The average Bonchev–Trinajstić information content (AvgIpc) is 2.06. The van der Waals surface area contributed by atoms with E-state index in [-0.39, 0.29) is 5.56 Å². The fraction of sp³-hybridized carbons (Fsp3) is 0.167. The highest BCUT2D eigenvalue weighted by atomic mass is 16.5. The third kappa shape index (κ3) is 0.938. The molecule has 0 fully saturated rings. The van der Waals surface area contributed by atoms with Crippen LogP contribution in [0.25, 0.3) is 0 Å². The van der Waals surface area contributed by atoms with E-state index in [2.05, 4.69) is 15.5 Å². The molecule has 57 valence electrons. The quantitative estimate of drug-likeness (QED) is 0.537. The number of H-pyrrole nitrogens is 1. The molecular weight excluding hydrogens is 146 g/mol. The van der Waals surface area contributed by atoms with Gasteiger partial charge in [-0.25, -0.2) is 5.10 Å². The number of aromatic amines is 1. The highest BCUT2D eigenvalue weighted by molar-refractivity contribution is 5.54. The third-order valence-corrected chi connectivity index (χ3v) is 1.39. The Morgan fingerprint density at radius 1 is 1.64 bits per heavy atom. The summed E-state index contributed by atoms with van der Waals surface area (Å²) in [7, 11) is 0. The van der Waals surface area contributed by atoms with Gasteiger partial charge in [0.05, 0.1) is 12.7 Å². The molecule has 0 aliphatic carbocycles. The van der Waals surface area contributed by atoms with E-state index in [0.717, 1.165) is 0 Å². The molecule has 0 saturated heterocycles. The lowest BCUT2D eigenvalue weighted by atomic mass is 10.4. The molecule has 0 bridgehead atoms. The van der Waals surface area contributed by atoms with Crippen LogP contribution in [-0.4, -0.2) is 16.7 Å². The Hall–Kier alpha value is -1.52. The molecule has 2 rings (SSSR count). The number of hydrogen-bond acceptors (Lipinski definition) is 4. The van der Waals surface area contributed by atoms with Crippen molar-refractivity contribution in [3.63, 3.8) is 0 Å². The smallest absolute Gasteiger partial charge is 0.291 e. The number of fused-ring (bicyclic) bond motifs is 1. The van der Waals surface area contributed by atoms with Gasteiger partial charge in [0.2, 0.25) is 0 Å². The molecule has 0 unspecified atom stereocenters. The first-order valence-electron chi connectivity index (χ1n) is 3.18. The zero-order chi connectivity index (χ0) is 7.68. The Morgan fingerprint density at radius 3 is 3.36 bits per heavy atom. The van der Waals surface area contributed by atoms with Gasteiger partial charge < -0.3 is 10.1 Å². The van der Waals surface area contributed by atoms with Crippen LogP contribution in [0.3, 0.4) is 0 Å². The van der Waals surface area contributed by atoms with Gasteiger partial charge in [0, 0.05) is 0 Å². The predicted molar refractivity (Wildman–Crippen MR) is 38.3 cm³/mol. The van der Waals surface area contributed by atoms with Gasteiger partial charge in [-0.3, -0.25) is 4.79 Å². The summed E-state index contributed by atoms with van der Waals surface area (Å²) in [6.45, 7) is 2.11. The second kappa shape index (κ2) is 2.26. The summed E-state index contributed by atoms with van der Waals surface area (Å²) in [5.74, 6) is 0.472. The molecule has 1 aliphatic heterocycles. The first kappa shape index (κ1) is 6.21. The van der Waals surface area contributed by atoms with Gasteiger partial charge in [-0.05, 0) is 0 Å². The maximum atomic E-state index is 11.0. The van der Waals surface area contributed by atoms with Crippen LogP contribution in [0, 0.1) is 6.61 Å². The van der Waals surface area contributed by atoms with Gasteiger partial charge in [-0.15, -0.1) is 0 Å². The van der Waals surface area contributed by atoms with E-state index in [4.69, 9.17) is 4.74 Å². The molecule has 0 saturated carbocycles. The molecule has 0 atom stereocenters. The summed E-state index contributed by atoms with van der Waals surface area (Å²) in [6, 6.07) is 0. The lowest BCUT2D eigenvalue weighted by Gasteiger charge is -2.15. The standard InChI is InChI=1S/C6H6N3O2/c10-6-5-4(3-8-9-6)11-2-1-7-5/h2-3,7H,1H2,(H,9,10). The second-order valence-electron chi connectivity index (χ2n) is 2.10. The molecule has 1 aliphatic rings. The fourth-order valence-electron chi connectivity index (χ4n) is 0.914. The first-order valence-corrected chi connectivity index (χ1v) is 3.18. The Kier molecular flexibility index (Phi) is 1.28. The van der Waals surface area contributed by atoms with E-state index in [0.29, 0.717) is 18.0 Å². The summed E-state index contributed by atoms with van der Waals surface area (Å²) < 4.78 is 5.03. The molecule has 5 nitrogen and oxygen atoms in total. The summed E-state index contributed by atoms with van der Waals surface area (Å²) in [5, 5.41) is 8.74. The van der Waals surface area contributed by atoms with Crippen LogP contribution in [0.2, 0.25) is 0 Å². The lowest BCUT2D eigenvalue weighted by molar-refractivity contribution is 0.396. The number of nitrogens with zero attached hydrogens (tertiary/aromatic N) is 1. The molecule has 2 heterocycles. The van der Waals surface area contributed by atoms with E-state index >= 15 is 0 Å². The Balaban J connectivity index is 2.58. The van der Waals surface area contributed by atoms with Gasteiger partial charge in [0.15, 0.2) is 12.4 Å². The molecule has 1 aromatic heterocycles. The van der Waals surface area contributed by atoms with Crippen molar-refractivity contribution in [1.29, 1.82) is 0 Å². The normalized spacial score (nSPS) is 14.5. The molecule has 11 heavy (non-hydrogen) atoms. The minimum absolute atomic E-state index is 0.254. The number of aromatic nitrogens is 2. The molecule has 5 heteroatoms. The van der Waals surface area contributed by atoms with Gasteiger partial charge in [0.1, 0.15) is 5.69 Å². The van der Waals surface area contributed by atoms with E-state index < -0.39 is 0 Å². The predicted octanol–water partition coefficient (Wildman–Crippen LogP) is -0.264. The largest absolute Gasteiger partial charge is 0.481 e. The molecule has 1 aromatic rings. The van der Waals surface area contributed by atoms with Crippen molar-refractivity contribution >= 4 is 5.69 Å². The van der Waals surface area contributed by atoms with E-state index in [1.54, 1.807) is 6.61 Å². The number of ether oxygens (including phenoxy) is 1. The minimum atomic E-state index is -0.254. The van der Waals surface area contributed by atoms with E-state index in [1.807, 2.05) is 0 Å². The van der Waals surface area contributed by atoms with Gasteiger partial charge in [0.25, 0.3) is 5.56 Å². The maximum absolute atomic E-state index is 11.0. The molecule has 2 N–H and O–H groups in total. The van der Waals surface area contributed by atoms with Crippen LogP contribution in [-0.2, 0) is 0 Å². The van der Waals surface area contributed by atoms with Gasteiger partial charge in [-0.2, -0.15) is 5.10 Å². The van der Waals surface area contributed by atoms with Crippen molar-refractivity contribution in [3.05, 3.63) is 23.2 Å². The SMILES string of the molecule is O=c1[nH]ncc2c1NC[CH]O2. The van der Waals surface area contributed by atoms with Crippen LogP contribution in [0.5, 0.6) is 5.75 Å². The van der Waals surface area contributed by atoms with Crippen LogP contribution >= 0.6 is 0 Å². The Labute approximate surface area is 62.4 Å². The number of nitrogens with one attached hydrogen (secondary N) is 2. The van der Waals surface area contributed by atoms with E-state index in [1.165, 1.54) is 6.20 Å². The molecule has 0 aromatic carbocycles. The monoisotopic (exact) mass is 152 g/mol. The molecular formula is C6H6N3O2. The molecule has 0 amide bonds. The fourth-order valence-corrected chi connectivity index (χ4v) is 0.914. The van der Waals surface area contributed by atoms with Crippen molar-refractivity contribution < 1.29 is 4.74 Å². The van der Waals surface area contributed by atoms with Gasteiger partial charge >= 0.3 is 0 Å². The topological polar surface area (TPSA) is 67.0 Å². The zero-order valence-electron chi connectivity index (χ0n) is 5.63. The van der Waals surface area contributed by atoms with Crippen molar-refractivity contribution in [2.24, 2.45) is 0 Å². The number of rotatable bonds is 0. The van der Waals surface area contributed by atoms with Crippen molar-refractivity contribution in [2.75, 3.05) is 11.9 Å².